The van der Waals surface area contributed by atoms with E-state index in [1.807, 2.05) is 0 Å². The maximum Gasteiger partial charge on any atom is 0.177 e. The van der Waals surface area contributed by atoms with Crippen molar-refractivity contribution < 1.29 is 0 Å². The molecule has 0 spiro atoms. The zero-order chi connectivity index (χ0) is 14.8. The van der Waals surface area contributed by atoms with Crippen molar-refractivity contribution in [1.29, 1.82) is 0 Å². The first-order chi connectivity index (χ1) is 10.1. The molecule has 3 heteroatoms. The van der Waals surface area contributed by atoms with E-state index in [4.69, 9.17) is 12.2 Å². The molecule has 0 saturated heterocycles. The molecule has 2 aromatic carbocycles. The fraction of sp³-hybridized carbons (Fsp3) is 0.278. The summed E-state index contributed by atoms with van der Waals surface area (Å²) in [6.45, 7) is 5.19. The Morgan fingerprint density at radius 1 is 1.14 bits per heavy atom. The van der Waals surface area contributed by atoms with Crippen molar-refractivity contribution in [2.24, 2.45) is 0 Å². The van der Waals surface area contributed by atoms with Gasteiger partial charge in [0.1, 0.15) is 0 Å². The lowest BCUT2D eigenvalue weighted by Gasteiger charge is -2.32. The van der Waals surface area contributed by atoms with Crippen molar-refractivity contribution in [3.63, 3.8) is 0 Å². The topological polar surface area (TPSA) is 15.3 Å². The van der Waals surface area contributed by atoms with E-state index >= 15 is 0 Å². The highest BCUT2D eigenvalue weighted by Crippen LogP contribution is 2.28. The minimum Gasteiger partial charge on any atom is -0.332 e. The fourth-order valence-electron chi connectivity index (χ4n) is 2.80. The van der Waals surface area contributed by atoms with Gasteiger partial charge in [-0.3, -0.25) is 0 Å². The average molecular weight is 296 g/mol. The number of anilines is 2. The summed E-state index contributed by atoms with van der Waals surface area (Å²) in [6.07, 6.45) is 2.28. The van der Waals surface area contributed by atoms with Crippen molar-refractivity contribution in [2.45, 2.75) is 26.7 Å². The molecular formula is C18H20N2S. The Bertz CT molecular complexity index is 679. The Hall–Kier alpha value is -1.87. The van der Waals surface area contributed by atoms with Crippen LogP contribution >= 0.6 is 12.2 Å². The number of nitrogens with zero attached hydrogens (tertiary/aromatic N) is 1. The molecule has 1 heterocycles. The molecule has 0 amide bonds. The van der Waals surface area contributed by atoms with Gasteiger partial charge in [-0.25, -0.2) is 0 Å². The number of para-hydroxylation sites is 1. The molecule has 0 saturated carbocycles. The highest BCUT2D eigenvalue weighted by Gasteiger charge is 2.19. The molecule has 0 radical (unpaired) electrons. The van der Waals surface area contributed by atoms with Gasteiger partial charge in [0.2, 0.25) is 0 Å². The standard InChI is InChI=1S/C18H20N2S/c1-13-9-10-14(2)16(12-13)19-18(21)20-11-5-7-15-6-3-4-8-17(15)20/h3-4,6,8-10,12H,5,7,11H2,1-2H3,(H,19,21). The monoisotopic (exact) mass is 296 g/mol. The second-order valence-electron chi connectivity index (χ2n) is 5.63. The second-order valence-corrected chi connectivity index (χ2v) is 6.02. The Morgan fingerprint density at radius 3 is 2.81 bits per heavy atom. The van der Waals surface area contributed by atoms with E-state index in [2.05, 4.69) is 66.5 Å². The van der Waals surface area contributed by atoms with Crippen LogP contribution in [0.2, 0.25) is 0 Å². The zero-order valence-electron chi connectivity index (χ0n) is 12.5. The Kier molecular flexibility index (Phi) is 3.93. The lowest BCUT2D eigenvalue weighted by molar-refractivity contribution is 0.780. The average Bonchev–Trinajstić information content (AvgIpc) is 2.50. The van der Waals surface area contributed by atoms with Gasteiger partial charge in [0.25, 0.3) is 0 Å². The van der Waals surface area contributed by atoms with Crippen LogP contribution in [0, 0.1) is 13.8 Å². The quantitative estimate of drug-likeness (QED) is 0.783. The van der Waals surface area contributed by atoms with Gasteiger partial charge >= 0.3 is 0 Å². The molecule has 0 bridgehead atoms. The van der Waals surface area contributed by atoms with Gasteiger partial charge in [-0.15, -0.1) is 0 Å². The molecule has 108 valence electrons. The van der Waals surface area contributed by atoms with Gasteiger partial charge in [0, 0.05) is 17.9 Å². The summed E-state index contributed by atoms with van der Waals surface area (Å²) >= 11 is 5.65. The predicted molar refractivity (Wildman–Crippen MR) is 94.2 cm³/mol. The molecule has 0 atom stereocenters. The first-order valence-corrected chi connectivity index (χ1v) is 7.79. The molecule has 1 N–H and O–H groups in total. The number of aryl methyl sites for hydroxylation is 3. The Balaban J connectivity index is 1.85. The van der Waals surface area contributed by atoms with Crippen LogP contribution in [-0.2, 0) is 6.42 Å². The van der Waals surface area contributed by atoms with E-state index in [1.165, 1.54) is 22.4 Å². The van der Waals surface area contributed by atoms with Crippen LogP contribution in [0.15, 0.2) is 42.5 Å². The normalized spacial score (nSPS) is 13.7. The maximum absolute atomic E-state index is 5.65. The predicted octanol–water partition coefficient (Wildman–Crippen LogP) is 4.45. The third kappa shape index (κ3) is 2.93. The van der Waals surface area contributed by atoms with E-state index in [0.29, 0.717) is 0 Å². The Labute approximate surface area is 131 Å². The number of fused-ring (bicyclic) bond motifs is 1. The zero-order valence-corrected chi connectivity index (χ0v) is 13.3. The van der Waals surface area contributed by atoms with Gasteiger partial charge in [0.05, 0.1) is 0 Å². The minimum atomic E-state index is 0.788. The van der Waals surface area contributed by atoms with Crippen LogP contribution in [0.5, 0.6) is 0 Å². The highest BCUT2D eigenvalue weighted by atomic mass is 32.1. The van der Waals surface area contributed by atoms with Crippen molar-refractivity contribution in [1.82, 2.24) is 0 Å². The van der Waals surface area contributed by atoms with Crippen molar-refractivity contribution in [2.75, 3.05) is 16.8 Å². The van der Waals surface area contributed by atoms with E-state index < -0.39 is 0 Å². The van der Waals surface area contributed by atoms with Crippen LogP contribution in [0.3, 0.4) is 0 Å². The summed E-state index contributed by atoms with van der Waals surface area (Å²) in [6, 6.07) is 14.9. The molecule has 0 aliphatic carbocycles. The van der Waals surface area contributed by atoms with Gasteiger partial charge in [-0.05, 0) is 67.7 Å². The lowest BCUT2D eigenvalue weighted by atomic mass is 10.0. The first-order valence-electron chi connectivity index (χ1n) is 7.39. The minimum absolute atomic E-state index is 0.788. The first kappa shape index (κ1) is 14.1. The Morgan fingerprint density at radius 2 is 1.95 bits per heavy atom. The summed E-state index contributed by atoms with van der Waals surface area (Å²) in [5.74, 6) is 0. The SMILES string of the molecule is Cc1ccc(C)c(NC(=S)N2CCCc3ccccc32)c1. The number of thiocarbonyl (C=S) groups is 1. The largest absolute Gasteiger partial charge is 0.332 e. The number of nitrogens with one attached hydrogen (secondary N) is 1. The van der Waals surface area contributed by atoms with Crippen molar-refractivity contribution in [3.8, 4) is 0 Å². The van der Waals surface area contributed by atoms with E-state index in [9.17, 15) is 0 Å². The van der Waals surface area contributed by atoms with Gasteiger partial charge < -0.3 is 10.2 Å². The van der Waals surface area contributed by atoms with E-state index in [1.54, 1.807) is 0 Å². The van der Waals surface area contributed by atoms with Gasteiger partial charge in [-0.1, -0.05) is 30.3 Å². The summed E-state index contributed by atoms with van der Waals surface area (Å²) in [7, 11) is 0. The summed E-state index contributed by atoms with van der Waals surface area (Å²) in [5.41, 5.74) is 6.18. The van der Waals surface area contributed by atoms with Gasteiger partial charge in [-0.2, -0.15) is 0 Å². The summed E-state index contributed by atoms with van der Waals surface area (Å²) < 4.78 is 0. The van der Waals surface area contributed by atoms with Crippen molar-refractivity contribution >= 4 is 28.7 Å². The molecule has 1 aliphatic heterocycles. The molecule has 0 unspecified atom stereocenters. The third-order valence-electron chi connectivity index (χ3n) is 3.99. The number of hydrogen-bond donors (Lipinski definition) is 1. The number of rotatable bonds is 1. The summed E-state index contributed by atoms with van der Waals surface area (Å²) in [5, 5.41) is 4.21. The highest BCUT2D eigenvalue weighted by molar-refractivity contribution is 7.80. The van der Waals surface area contributed by atoms with Gasteiger partial charge in [0.15, 0.2) is 5.11 Å². The number of hydrogen-bond acceptors (Lipinski definition) is 1. The molecule has 2 nitrogen and oxygen atoms in total. The van der Waals surface area contributed by atoms with E-state index in [0.717, 1.165) is 30.2 Å². The molecule has 1 aliphatic rings. The fourth-order valence-corrected chi connectivity index (χ4v) is 3.10. The maximum atomic E-state index is 5.65. The lowest BCUT2D eigenvalue weighted by Crippen LogP contribution is -2.38. The van der Waals surface area contributed by atoms with E-state index in [-0.39, 0.29) is 0 Å². The van der Waals surface area contributed by atoms with Crippen LogP contribution in [-0.4, -0.2) is 11.7 Å². The smallest absolute Gasteiger partial charge is 0.177 e. The third-order valence-corrected chi connectivity index (χ3v) is 4.31. The molecule has 3 rings (SSSR count). The molecule has 0 fully saturated rings. The molecule has 21 heavy (non-hydrogen) atoms. The second kappa shape index (κ2) is 5.86. The number of benzene rings is 2. The molecular weight excluding hydrogens is 276 g/mol. The van der Waals surface area contributed by atoms with Crippen LogP contribution < -0.4 is 10.2 Å². The van der Waals surface area contributed by atoms with Crippen LogP contribution in [0.4, 0.5) is 11.4 Å². The van der Waals surface area contributed by atoms with Crippen molar-refractivity contribution in [3.05, 3.63) is 59.2 Å². The molecule has 0 aromatic heterocycles. The van der Waals surface area contributed by atoms with Crippen LogP contribution in [0.25, 0.3) is 0 Å². The molecule has 2 aromatic rings. The summed E-state index contributed by atoms with van der Waals surface area (Å²) in [4.78, 5) is 2.22. The van der Waals surface area contributed by atoms with Crippen LogP contribution in [0.1, 0.15) is 23.1 Å².